The van der Waals surface area contributed by atoms with Crippen molar-refractivity contribution >= 4 is 15.4 Å². The lowest BCUT2D eigenvalue weighted by Gasteiger charge is -2.10. The number of rotatable bonds is 2. The first-order valence-corrected chi connectivity index (χ1v) is 6.38. The fourth-order valence-electron chi connectivity index (χ4n) is 1.77. The van der Waals surface area contributed by atoms with E-state index < -0.39 is 21.6 Å². The molecule has 1 aromatic carbocycles. The molecule has 1 N–H and O–H groups in total. The Bertz CT molecular complexity index is 561. The highest BCUT2D eigenvalue weighted by Crippen LogP contribution is 2.38. The van der Waals surface area contributed by atoms with Gasteiger partial charge in [0.2, 0.25) is 9.84 Å². The normalized spacial score (nSPS) is 19.1. The van der Waals surface area contributed by atoms with E-state index in [1.54, 1.807) is 6.92 Å². The molecule has 3 nitrogen and oxygen atoms in total. The van der Waals surface area contributed by atoms with E-state index in [2.05, 4.69) is 0 Å². The molecule has 0 amide bonds. The Hall–Kier alpha value is -1.20. The second kappa shape index (κ2) is 3.68. The van der Waals surface area contributed by atoms with Gasteiger partial charge in [0, 0.05) is 23.5 Å². The van der Waals surface area contributed by atoms with Gasteiger partial charge in [-0.05, 0) is 17.7 Å². The molecule has 1 aliphatic rings. The monoisotopic (exact) mass is 242 g/mol. The lowest BCUT2D eigenvalue weighted by molar-refractivity contribution is 0.266. The van der Waals surface area contributed by atoms with Gasteiger partial charge in [-0.15, -0.1) is 0 Å². The Labute approximate surface area is 93.1 Å². The second-order valence-electron chi connectivity index (χ2n) is 3.81. The fraction of sp³-hybridized carbons (Fsp3) is 0.273. The van der Waals surface area contributed by atoms with Gasteiger partial charge < -0.3 is 5.11 Å². The van der Waals surface area contributed by atoms with Gasteiger partial charge in [0.05, 0.1) is 4.90 Å². The van der Waals surface area contributed by atoms with E-state index in [9.17, 15) is 12.8 Å². The van der Waals surface area contributed by atoms with Crippen LogP contribution in [0.3, 0.4) is 0 Å². The molecule has 0 spiro atoms. The van der Waals surface area contributed by atoms with E-state index in [0.29, 0.717) is 5.57 Å². The summed E-state index contributed by atoms with van der Waals surface area (Å²) in [6.07, 6.45) is 0. The van der Waals surface area contributed by atoms with Gasteiger partial charge in [-0.1, -0.05) is 13.0 Å². The average molecular weight is 242 g/mol. The van der Waals surface area contributed by atoms with Crippen molar-refractivity contribution in [3.8, 4) is 0 Å². The van der Waals surface area contributed by atoms with Gasteiger partial charge in [0.1, 0.15) is 5.82 Å². The van der Waals surface area contributed by atoms with E-state index in [4.69, 9.17) is 5.11 Å². The van der Waals surface area contributed by atoms with Gasteiger partial charge in [-0.3, -0.25) is 0 Å². The average Bonchev–Trinajstić information content (AvgIpc) is 2.52. The largest absolute Gasteiger partial charge is 0.396 e. The smallest absolute Gasteiger partial charge is 0.200 e. The van der Waals surface area contributed by atoms with Crippen molar-refractivity contribution in [2.75, 3.05) is 6.61 Å². The minimum absolute atomic E-state index is 0.0113. The Morgan fingerprint density at radius 1 is 1.44 bits per heavy atom. The van der Waals surface area contributed by atoms with Gasteiger partial charge in [-0.25, -0.2) is 12.8 Å². The second-order valence-corrected chi connectivity index (χ2v) is 5.58. The maximum Gasteiger partial charge on any atom is 0.200 e. The molecule has 0 saturated carbocycles. The highest BCUT2D eigenvalue weighted by molar-refractivity contribution is 7.95. The summed E-state index contributed by atoms with van der Waals surface area (Å²) in [7, 11) is -3.55. The van der Waals surface area contributed by atoms with Crippen LogP contribution < -0.4 is 0 Å². The van der Waals surface area contributed by atoms with Gasteiger partial charge >= 0.3 is 0 Å². The zero-order chi connectivity index (χ0) is 11.9. The van der Waals surface area contributed by atoms with Crippen LogP contribution in [0.1, 0.15) is 12.5 Å². The molecule has 0 radical (unpaired) electrons. The number of hydrogen-bond acceptors (Lipinski definition) is 3. The quantitative estimate of drug-likeness (QED) is 0.856. The Kier molecular flexibility index (Phi) is 2.59. The highest BCUT2D eigenvalue weighted by Gasteiger charge is 2.31. The van der Waals surface area contributed by atoms with Crippen molar-refractivity contribution in [3.05, 3.63) is 35.0 Å². The third-order valence-corrected chi connectivity index (χ3v) is 4.17. The van der Waals surface area contributed by atoms with Gasteiger partial charge in [-0.2, -0.15) is 0 Å². The molecule has 1 aliphatic heterocycles. The summed E-state index contributed by atoms with van der Waals surface area (Å²) in [6.45, 7) is 1.44. The lowest BCUT2D eigenvalue weighted by Crippen LogP contribution is -2.04. The van der Waals surface area contributed by atoms with Crippen LogP contribution in [0.15, 0.2) is 28.5 Å². The molecule has 2 rings (SSSR count). The van der Waals surface area contributed by atoms with Gasteiger partial charge in [0.15, 0.2) is 0 Å². The predicted molar refractivity (Wildman–Crippen MR) is 57.8 cm³/mol. The number of halogens is 1. The summed E-state index contributed by atoms with van der Waals surface area (Å²) < 4.78 is 37.0. The molecule has 0 aliphatic carbocycles. The molecule has 0 bridgehead atoms. The van der Waals surface area contributed by atoms with Crippen LogP contribution >= 0.6 is 0 Å². The summed E-state index contributed by atoms with van der Waals surface area (Å²) in [4.78, 5) is -0.0113. The van der Waals surface area contributed by atoms with E-state index >= 15 is 0 Å². The summed E-state index contributed by atoms with van der Waals surface area (Å²) >= 11 is 0. The van der Waals surface area contributed by atoms with Gasteiger partial charge in [0.25, 0.3) is 0 Å². The van der Waals surface area contributed by atoms with Crippen molar-refractivity contribution in [2.45, 2.75) is 11.8 Å². The molecular formula is C11H11FO3S. The zero-order valence-electron chi connectivity index (χ0n) is 8.64. The zero-order valence-corrected chi connectivity index (χ0v) is 9.46. The maximum atomic E-state index is 13.6. The number of fused-ring (bicyclic) bond motifs is 1. The molecular weight excluding hydrogens is 231 g/mol. The van der Waals surface area contributed by atoms with Crippen LogP contribution in [0, 0.1) is 11.7 Å². The van der Waals surface area contributed by atoms with Crippen LogP contribution in [0.5, 0.6) is 0 Å². The first-order chi connectivity index (χ1) is 7.47. The van der Waals surface area contributed by atoms with Crippen LogP contribution in [-0.4, -0.2) is 20.1 Å². The number of sulfone groups is 1. The summed E-state index contributed by atoms with van der Waals surface area (Å²) in [5, 5.41) is 10.1. The SMILES string of the molecule is CC(CO)C1=CS(=O)(=O)c2cccc(F)c21. The summed E-state index contributed by atoms with van der Waals surface area (Å²) in [6, 6.07) is 3.96. The maximum absolute atomic E-state index is 13.6. The molecule has 0 saturated heterocycles. The number of aliphatic hydroxyl groups excluding tert-OH is 1. The van der Waals surface area contributed by atoms with Crippen LogP contribution in [-0.2, 0) is 9.84 Å². The standard InChI is InChI=1S/C11H11FO3S/c1-7(5-13)8-6-16(14,15)10-4-2-3-9(12)11(8)10/h2-4,6-7,13H,5H2,1H3. The number of hydrogen-bond donors (Lipinski definition) is 1. The van der Waals surface area contributed by atoms with Crippen molar-refractivity contribution in [3.63, 3.8) is 0 Å². The molecule has 16 heavy (non-hydrogen) atoms. The summed E-state index contributed by atoms with van der Waals surface area (Å²) in [5.74, 6) is -0.960. The number of aliphatic hydroxyl groups is 1. The Balaban J connectivity index is 2.72. The Morgan fingerprint density at radius 3 is 2.75 bits per heavy atom. The molecule has 0 fully saturated rings. The molecule has 86 valence electrons. The number of benzene rings is 1. The third kappa shape index (κ3) is 1.56. The molecule has 1 atom stereocenters. The Morgan fingerprint density at radius 2 is 2.12 bits per heavy atom. The molecule has 1 heterocycles. The molecule has 1 unspecified atom stereocenters. The van der Waals surface area contributed by atoms with E-state index in [1.165, 1.54) is 18.2 Å². The topological polar surface area (TPSA) is 54.4 Å². The third-order valence-electron chi connectivity index (χ3n) is 2.66. The first-order valence-electron chi connectivity index (χ1n) is 4.84. The van der Waals surface area contributed by atoms with E-state index in [-0.39, 0.29) is 17.1 Å². The van der Waals surface area contributed by atoms with Crippen LogP contribution in [0.25, 0.3) is 5.57 Å². The highest BCUT2D eigenvalue weighted by atomic mass is 32.2. The van der Waals surface area contributed by atoms with E-state index in [1.807, 2.05) is 0 Å². The fourth-order valence-corrected chi connectivity index (χ4v) is 3.35. The van der Waals surface area contributed by atoms with Crippen molar-refractivity contribution in [1.82, 2.24) is 0 Å². The van der Waals surface area contributed by atoms with Crippen molar-refractivity contribution in [1.29, 1.82) is 0 Å². The van der Waals surface area contributed by atoms with Crippen LogP contribution in [0.2, 0.25) is 0 Å². The van der Waals surface area contributed by atoms with Crippen LogP contribution in [0.4, 0.5) is 4.39 Å². The van der Waals surface area contributed by atoms with Crippen molar-refractivity contribution < 1.29 is 17.9 Å². The molecule has 1 aromatic rings. The molecule has 5 heteroatoms. The van der Waals surface area contributed by atoms with E-state index in [0.717, 1.165) is 5.41 Å². The lowest BCUT2D eigenvalue weighted by atomic mass is 9.96. The van der Waals surface area contributed by atoms with Crippen molar-refractivity contribution in [2.24, 2.45) is 5.92 Å². The first kappa shape index (κ1) is 11.3. The predicted octanol–water partition coefficient (Wildman–Crippen LogP) is 1.58. The minimum Gasteiger partial charge on any atom is -0.396 e. The summed E-state index contributed by atoms with van der Waals surface area (Å²) in [5.41, 5.74) is 0.444. The minimum atomic E-state index is -3.55. The molecule has 0 aromatic heterocycles.